The molecule has 0 radical (unpaired) electrons. The van der Waals surface area contributed by atoms with E-state index in [0.717, 1.165) is 18.2 Å². The Morgan fingerprint density at radius 1 is 1.31 bits per heavy atom. The van der Waals surface area contributed by atoms with Crippen LogP contribution in [0.15, 0.2) is 4.42 Å². The fourth-order valence-electron chi connectivity index (χ4n) is 0.955. The standard InChI is InChI=1S/C10H18N2O/c1-6-8-11-12-9(13-8)7(2)10(3,4)5/h7H,6H2,1-5H3. The monoisotopic (exact) mass is 182 g/mol. The molecule has 0 spiro atoms. The zero-order valence-corrected chi connectivity index (χ0v) is 9.09. The molecule has 0 saturated heterocycles. The van der Waals surface area contributed by atoms with Gasteiger partial charge in [0.1, 0.15) is 0 Å². The maximum absolute atomic E-state index is 5.50. The summed E-state index contributed by atoms with van der Waals surface area (Å²) in [5.74, 6) is 1.79. The molecule has 1 unspecified atom stereocenters. The van der Waals surface area contributed by atoms with E-state index >= 15 is 0 Å². The number of hydrogen-bond donors (Lipinski definition) is 0. The van der Waals surface area contributed by atoms with Crippen molar-refractivity contribution in [3.63, 3.8) is 0 Å². The largest absolute Gasteiger partial charge is 0.425 e. The zero-order valence-electron chi connectivity index (χ0n) is 9.09. The van der Waals surface area contributed by atoms with Gasteiger partial charge in [-0.15, -0.1) is 10.2 Å². The van der Waals surface area contributed by atoms with Crippen molar-refractivity contribution in [1.82, 2.24) is 10.2 Å². The van der Waals surface area contributed by atoms with E-state index in [1.54, 1.807) is 0 Å². The summed E-state index contributed by atoms with van der Waals surface area (Å²) in [6, 6.07) is 0. The highest BCUT2D eigenvalue weighted by atomic mass is 16.4. The second kappa shape index (κ2) is 3.48. The Balaban J connectivity index is 2.83. The summed E-state index contributed by atoms with van der Waals surface area (Å²) in [7, 11) is 0. The highest BCUT2D eigenvalue weighted by Gasteiger charge is 2.26. The summed E-state index contributed by atoms with van der Waals surface area (Å²) in [6.45, 7) is 10.7. The van der Waals surface area contributed by atoms with Gasteiger partial charge < -0.3 is 4.42 Å². The van der Waals surface area contributed by atoms with E-state index < -0.39 is 0 Å². The molecular formula is C10H18N2O. The number of rotatable bonds is 2. The van der Waals surface area contributed by atoms with E-state index in [2.05, 4.69) is 37.9 Å². The molecule has 0 aliphatic carbocycles. The van der Waals surface area contributed by atoms with Gasteiger partial charge in [0.2, 0.25) is 11.8 Å². The Kier molecular flexibility index (Phi) is 2.74. The first-order chi connectivity index (χ1) is 5.95. The second-order valence-electron chi connectivity index (χ2n) is 4.48. The molecule has 1 aromatic rings. The van der Waals surface area contributed by atoms with Crippen LogP contribution in [-0.4, -0.2) is 10.2 Å². The molecular weight excluding hydrogens is 164 g/mol. The molecule has 13 heavy (non-hydrogen) atoms. The highest BCUT2D eigenvalue weighted by Crippen LogP contribution is 2.33. The van der Waals surface area contributed by atoms with E-state index in [1.807, 2.05) is 6.92 Å². The lowest BCUT2D eigenvalue weighted by atomic mass is 9.82. The molecule has 0 N–H and O–H groups in total. The van der Waals surface area contributed by atoms with Crippen molar-refractivity contribution in [3.8, 4) is 0 Å². The molecule has 3 nitrogen and oxygen atoms in total. The molecule has 0 amide bonds. The third kappa shape index (κ3) is 2.29. The summed E-state index contributed by atoms with van der Waals surface area (Å²) < 4.78 is 5.50. The number of hydrogen-bond acceptors (Lipinski definition) is 3. The minimum Gasteiger partial charge on any atom is -0.425 e. The maximum Gasteiger partial charge on any atom is 0.219 e. The fourth-order valence-corrected chi connectivity index (χ4v) is 0.955. The Morgan fingerprint density at radius 2 is 1.92 bits per heavy atom. The van der Waals surface area contributed by atoms with Gasteiger partial charge in [-0.2, -0.15) is 0 Å². The molecule has 1 aromatic heterocycles. The quantitative estimate of drug-likeness (QED) is 0.706. The van der Waals surface area contributed by atoms with Crippen molar-refractivity contribution in [3.05, 3.63) is 11.8 Å². The van der Waals surface area contributed by atoms with Gasteiger partial charge in [-0.1, -0.05) is 34.6 Å². The Morgan fingerprint density at radius 3 is 2.31 bits per heavy atom. The van der Waals surface area contributed by atoms with Crippen LogP contribution in [0.5, 0.6) is 0 Å². The first-order valence-electron chi connectivity index (χ1n) is 4.77. The Bertz CT molecular complexity index is 273. The van der Waals surface area contributed by atoms with E-state index in [4.69, 9.17) is 4.42 Å². The predicted molar refractivity (Wildman–Crippen MR) is 51.5 cm³/mol. The van der Waals surface area contributed by atoms with Crippen LogP contribution < -0.4 is 0 Å². The minimum absolute atomic E-state index is 0.178. The molecule has 0 bridgehead atoms. The van der Waals surface area contributed by atoms with E-state index in [0.29, 0.717) is 5.92 Å². The first kappa shape index (κ1) is 10.2. The van der Waals surface area contributed by atoms with Crippen molar-refractivity contribution < 1.29 is 4.42 Å². The van der Waals surface area contributed by atoms with Gasteiger partial charge in [0.15, 0.2) is 0 Å². The molecule has 0 aromatic carbocycles. The highest BCUT2D eigenvalue weighted by molar-refractivity contribution is 4.94. The Labute approximate surface area is 79.6 Å². The third-order valence-electron chi connectivity index (χ3n) is 2.45. The van der Waals surface area contributed by atoms with Crippen molar-refractivity contribution >= 4 is 0 Å². The van der Waals surface area contributed by atoms with Crippen LogP contribution in [0, 0.1) is 5.41 Å². The number of nitrogens with zero attached hydrogens (tertiary/aromatic N) is 2. The average molecular weight is 182 g/mol. The number of aryl methyl sites for hydroxylation is 1. The molecule has 0 aliphatic rings. The van der Waals surface area contributed by atoms with Crippen molar-refractivity contribution in [2.24, 2.45) is 5.41 Å². The van der Waals surface area contributed by atoms with Crippen molar-refractivity contribution in [1.29, 1.82) is 0 Å². The van der Waals surface area contributed by atoms with Gasteiger partial charge in [-0.3, -0.25) is 0 Å². The van der Waals surface area contributed by atoms with Gasteiger partial charge in [0, 0.05) is 12.3 Å². The topological polar surface area (TPSA) is 38.9 Å². The lowest BCUT2D eigenvalue weighted by Crippen LogP contribution is -2.15. The van der Waals surface area contributed by atoms with Gasteiger partial charge in [-0.05, 0) is 5.41 Å². The van der Waals surface area contributed by atoms with Crippen LogP contribution in [0.25, 0.3) is 0 Å². The van der Waals surface area contributed by atoms with E-state index in [1.165, 1.54) is 0 Å². The first-order valence-corrected chi connectivity index (χ1v) is 4.77. The van der Waals surface area contributed by atoms with Crippen LogP contribution in [0.3, 0.4) is 0 Å². The van der Waals surface area contributed by atoms with Crippen LogP contribution in [0.1, 0.15) is 52.3 Å². The van der Waals surface area contributed by atoms with Crippen LogP contribution >= 0.6 is 0 Å². The molecule has 0 aliphatic heterocycles. The van der Waals surface area contributed by atoms with Crippen LogP contribution in [-0.2, 0) is 6.42 Å². The normalized spacial score (nSPS) is 14.5. The molecule has 74 valence electrons. The maximum atomic E-state index is 5.50. The van der Waals surface area contributed by atoms with Crippen molar-refractivity contribution in [2.75, 3.05) is 0 Å². The molecule has 1 atom stereocenters. The molecule has 1 rings (SSSR count). The number of aromatic nitrogens is 2. The van der Waals surface area contributed by atoms with Crippen molar-refractivity contribution in [2.45, 2.75) is 47.0 Å². The van der Waals surface area contributed by atoms with Crippen LogP contribution in [0.2, 0.25) is 0 Å². The smallest absolute Gasteiger partial charge is 0.219 e. The molecule has 0 saturated carbocycles. The SMILES string of the molecule is CCc1nnc(C(C)C(C)(C)C)o1. The Hall–Kier alpha value is -0.860. The van der Waals surface area contributed by atoms with Crippen LogP contribution in [0.4, 0.5) is 0 Å². The van der Waals surface area contributed by atoms with Gasteiger partial charge >= 0.3 is 0 Å². The summed E-state index contributed by atoms with van der Waals surface area (Å²) in [4.78, 5) is 0. The van der Waals surface area contributed by atoms with Gasteiger partial charge in [0.25, 0.3) is 0 Å². The molecule has 3 heteroatoms. The summed E-state index contributed by atoms with van der Waals surface area (Å²) in [6.07, 6.45) is 0.809. The lowest BCUT2D eigenvalue weighted by Gasteiger charge is -2.23. The summed E-state index contributed by atoms with van der Waals surface area (Å²) >= 11 is 0. The minimum atomic E-state index is 0.178. The zero-order chi connectivity index (χ0) is 10.1. The molecule has 1 heterocycles. The predicted octanol–water partition coefficient (Wildman–Crippen LogP) is 2.78. The lowest BCUT2D eigenvalue weighted by molar-refractivity contribution is 0.283. The van der Waals surface area contributed by atoms with Gasteiger partial charge in [0.05, 0.1) is 0 Å². The summed E-state index contributed by atoms with van der Waals surface area (Å²) in [5, 5.41) is 7.99. The van der Waals surface area contributed by atoms with E-state index in [-0.39, 0.29) is 5.41 Å². The summed E-state index contributed by atoms with van der Waals surface area (Å²) in [5.41, 5.74) is 0.178. The fraction of sp³-hybridized carbons (Fsp3) is 0.800. The molecule has 0 fully saturated rings. The van der Waals surface area contributed by atoms with Gasteiger partial charge in [-0.25, -0.2) is 0 Å². The van der Waals surface area contributed by atoms with E-state index in [9.17, 15) is 0 Å². The second-order valence-corrected chi connectivity index (χ2v) is 4.48. The average Bonchev–Trinajstić information content (AvgIpc) is 2.48. The third-order valence-corrected chi connectivity index (χ3v) is 2.45.